The number of rotatable bonds is 3. The van der Waals surface area contributed by atoms with E-state index in [2.05, 4.69) is 17.1 Å². The molecule has 0 bridgehead atoms. The van der Waals surface area contributed by atoms with Gasteiger partial charge in [0.25, 0.3) is 0 Å². The minimum atomic E-state index is -0.0421. The second kappa shape index (κ2) is 6.74. The fraction of sp³-hybridized carbons (Fsp3) is 0.467. The Labute approximate surface area is 124 Å². The molecule has 1 atom stereocenters. The number of piperidine rings is 1. The van der Waals surface area contributed by atoms with Crippen molar-refractivity contribution in [2.75, 3.05) is 18.4 Å². The third kappa shape index (κ3) is 3.72. The zero-order valence-electron chi connectivity index (χ0n) is 11.5. The Morgan fingerprint density at radius 2 is 2.35 bits per heavy atom. The van der Waals surface area contributed by atoms with Crippen LogP contribution < -0.4 is 5.32 Å². The first kappa shape index (κ1) is 14.8. The van der Waals surface area contributed by atoms with E-state index in [1.54, 1.807) is 18.2 Å². The van der Waals surface area contributed by atoms with Gasteiger partial charge in [0.05, 0.1) is 17.1 Å². The fourth-order valence-electron chi connectivity index (χ4n) is 2.46. The SMILES string of the molecule is CC1CCCCN1CC(=O)Nc1ccc(C#N)c(Cl)c1. The highest BCUT2D eigenvalue weighted by Crippen LogP contribution is 2.20. The summed E-state index contributed by atoms with van der Waals surface area (Å²) in [6.45, 7) is 3.53. The first-order valence-corrected chi connectivity index (χ1v) is 7.21. The Hall–Kier alpha value is -1.57. The first-order valence-electron chi connectivity index (χ1n) is 6.83. The van der Waals surface area contributed by atoms with Crippen molar-refractivity contribution >= 4 is 23.2 Å². The molecule has 106 valence electrons. The number of nitriles is 1. The Morgan fingerprint density at radius 3 is 3.00 bits per heavy atom. The molecule has 1 heterocycles. The lowest BCUT2D eigenvalue weighted by atomic mass is 10.0. The molecule has 1 aliphatic rings. The van der Waals surface area contributed by atoms with Gasteiger partial charge in [0.2, 0.25) is 5.91 Å². The quantitative estimate of drug-likeness (QED) is 0.931. The van der Waals surface area contributed by atoms with Crippen LogP contribution in [0.1, 0.15) is 31.7 Å². The average Bonchev–Trinajstić information content (AvgIpc) is 2.41. The van der Waals surface area contributed by atoms with Crippen molar-refractivity contribution in [1.82, 2.24) is 4.90 Å². The number of anilines is 1. The molecule has 0 spiro atoms. The molecule has 0 saturated carbocycles. The minimum absolute atomic E-state index is 0.0421. The summed E-state index contributed by atoms with van der Waals surface area (Å²) in [7, 11) is 0. The van der Waals surface area contributed by atoms with Crippen LogP contribution in [0.25, 0.3) is 0 Å². The highest BCUT2D eigenvalue weighted by molar-refractivity contribution is 6.32. The normalized spacial score (nSPS) is 19.4. The molecule has 1 N–H and O–H groups in total. The lowest BCUT2D eigenvalue weighted by Crippen LogP contribution is -2.42. The molecule has 1 amide bonds. The van der Waals surface area contributed by atoms with Gasteiger partial charge in [-0.1, -0.05) is 18.0 Å². The van der Waals surface area contributed by atoms with Crippen molar-refractivity contribution < 1.29 is 4.79 Å². The van der Waals surface area contributed by atoms with E-state index in [-0.39, 0.29) is 5.91 Å². The number of halogens is 1. The van der Waals surface area contributed by atoms with E-state index in [0.717, 1.165) is 19.4 Å². The zero-order valence-corrected chi connectivity index (χ0v) is 12.3. The zero-order chi connectivity index (χ0) is 14.5. The Kier molecular flexibility index (Phi) is 4.99. The Bertz CT molecular complexity index is 538. The van der Waals surface area contributed by atoms with E-state index < -0.39 is 0 Å². The van der Waals surface area contributed by atoms with Crippen LogP contribution in [-0.2, 0) is 4.79 Å². The van der Waals surface area contributed by atoms with Crippen LogP contribution in [0.2, 0.25) is 5.02 Å². The van der Waals surface area contributed by atoms with Gasteiger partial charge in [-0.3, -0.25) is 9.69 Å². The predicted molar refractivity (Wildman–Crippen MR) is 79.7 cm³/mol. The summed E-state index contributed by atoms with van der Waals surface area (Å²) in [5.41, 5.74) is 1.04. The lowest BCUT2D eigenvalue weighted by Gasteiger charge is -2.32. The first-order chi connectivity index (χ1) is 9.60. The van der Waals surface area contributed by atoms with E-state index in [4.69, 9.17) is 16.9 Å². The second-order valence-corrected chi connectivity index (χ2v) is 5.58. The molecule has 0 aromatic heterocycles. The summed E-state index contributed by atoms with van der Waals surface area (Å²) in [6, 6.07) is 7.37. The van der Waals surface area contributed by atoms with Crippen LogP contribution >= 0.6 is 11.6 Å². The molecule has 0 radical (unpaired) electrons. The third-order valence-electron chi connectivity index (χ3n) is 3.66. The number of hydrogen-bond acceptors (Lipinski definition) is 3. The van der Waals surface area contributed by atoms with E-state index in [9.17, 15) is 4.79 Å². The summed E-state index contributed by atoms with van der Waals surface area (Å²) in [6.07, 6.45) is 3.54. The number of amides is 1. The van der Waals surface area contributed by atoms with Gasteiger partial charge in [0, 0.05) is 11.7 Å². The lowest BCUT2D eigenvalue weighted by molar-refractivity contribution is -0.118. The number of nitrogens with one attached hydrogen (secondary N) is 1. The number of benzene rings is 1. The smallest absolute Gasteiger partial charge is 0.238 e. The van der Waals surface area contributed by atoms with Crippen molar-refractivity contribution in [2.24, 2.45) is 0 Å². The van der Waals surface area contributed by atoms with Crippen molar-refractivity contribution in [3.8, 4) is 6.07 Å². The van der Waals surface area contributed by atoms with Crippen molar-refractivity contribution in [3.05, 3.63) is 28.8 Å². The van der Waals surface area contributed by atoms with Gasteiger partial charge in [-0.25, -0.2) is 0 Å². The maximum Gasteiger partial charge on any atom is 0.238 e. The Balaban J connectivity index is 1.94. The molecule has 1 aromatic rings. The molecule has 1 saturated heterocycles. The number of nitrogens with zero attached hydrogens (tertiary/aromatic N) is 2. The fourth-order valence-corrected chi connectivity index (χ4v) is 2.68. The topological polar surface area (TPSA) is 56.1 Å². The van der Waals surface area contributed by atoms with E-state index in [1.165, 1.54) is 6.42 Å². The summed E-state index contributed by atoms with van der Waals surface area (Å²) < 4.78 is 0. The molecule has 20 heavy (non-hydrogen) atoms. The maximum absolute atomic E-state index is 12.0. The largest absolute Gasteiger partial charge is 0.325 e. The highest BCUT2D eigenvalue weighted by Gasteiger charge is 2.20. The molecular weight excluding hydrogens is 274 g/mol. The molecule has 0 aliphatic carbocycles. The summed E-state index contributed by atoms with van der Waals surface area (Å²) in [5.74, 6) is -0.0421. The highest BCUT2D eigenvalue weighted by atomic mass is 35.5. The standard InChI is InChI=1S/C15H18ClN3O/c1-11-4-2-3-7-19(11)10-15(20)18-13-6-5-12(9-17)14(16)8-13/h5-6,8,11H,2-4,7,10H2,1H3,(H,18,20). The number of carbonyl (C=O) groups is 1. The van der Waals surface area contributed by atoms with Crippen molar-refractivity contribution in [3.63, 3.8) is 0 Å². The molecule has 5 heteroatoms. The van der Waals surface area contributed by atoms with Crippen LogP contribution in [0, 0.1) is 11.3 Å². The minimum Gasteiger partial charge on any atom is -0.325 e. The summed E-state index contributed by atoms with van der Waals surface area (Å²) in [5, 5.41) is 12.0. The maximum atomic E-state index is 12.0. The molecule has 1 aliphatic heterocycles. The summed E-state index contributed by atoms with van der Waals surface area (Å²) in [4.78, 5) is 14.2. The van der Waals surface area contributed by atoms with Crippen LogP contribution in [-0.4, -0.2) is 29.9 Å². The van der Waals surface area contributed by atoms with Crippen molar-refractivity contribution in [2.45, 2.75) is 32.2 Å². The molecule has 2 rings (SSSR count). The number of likely N-dealkylation sites (tertiary alicyclic amines) is 1. The van der Waals surface area contributed by atoms with Gasteiger partial charge in [0.15, 0.2) is 0 Å². The molecule has 1 aromatic carbocycles. The molecule has 4 nitrogen and oxygen atoms in total. The van der Waals surface area contributed by atoms with Crippen LogP contribution in [0.4, 0.5) is 5.69 Å². The van der Waals surface area contributed by atoms with Gasteiger partial charge in [-0.15, -0.1) is 0 Å². The summed E-state index contributed by atoms with van der Waals surface area (Å²) >= 11 is 5.94. The van der Waals surface area contributed by atoms with Gasteiger partial charge in [-0.05, 0) is 44.5 Å². The average molecular weight is 292 g/mol. The second-order valence-electron chi connectivity index (χ2n) is 5.17. The van der Waals surface area contributed by atoms with E-state index >= 15 is 0 Å². The van der Waals surface area contributed by atoms with E-state index in [1.807, 2.05) is 6.07 Å². The van der Waals surface area contributed by atoms with Crippen LogP contribution in [0.5, 0.6) is 0 Å². The predicted octanol–water partition coefficient (Wildman–Crippen LogP) is 3.02. The van der Waals surface area contributed by atoms with Gasteiger partial charge in [-0.2, -0.15) is 5.26 Å². The van der Waals surface area contributed by atoms with Gasteiger partial charge < -0.3 is 5.32 Å². The van der Waals surface area contributed by atoms with Gasteiger partial charge in [0.1, 0.15) is 6.07 Å². The molecule has 1 unspecified atom stereocenters. The van der Waals surface area contributed by atoms with Crippen LogP contribution in [0.3, 0.4) is 0 Å². The molecular formula is C15H18ClN3O. The Morgan fingerprint density at radius 1 is 1.55 bits per heavy atom. The number of carbonyl (C=O) groups excluding carboxylic acids is 1. The van der Waals surface area contributed by atoms with Crippen LogP contribution in [0.15, 0.2) is 18.2 Å². The van der Waals surface area contributed by atoms with Gasteiger partial charge >= 0.3 is 0 Å². The van der Waals surface area contributed by atoms with E-state index in [0.29, 0.717) is 28.9 Å². The van der Waals surface area contributed by atoms with Crippen molar-refractivity contribution in [1.29, 1.82) is 5.26 Å². The monoisotopic (exact) mass is 291 g/mol. The third-order valence-corrected chi connectivity index (χ3v) is 3.97. The number of hydrogen-bond donors (Lipinski definition) is 1. The molecule has 1 fully saturated rings.